The van der Waals surface area contributed by atoms with Crippen LogP contribution < -0.4 is 0 Å². The molecule has 4 aliphatic heterocycles. The molecule has 5 rings (SSSR count). The van der Waals surface area contributed by atoms with Gasteiger partial charge in [0.1, 0.15) is 5.69 Å². The molecule has 1 aromatic rings. The number of rotatable bonds is 2. The minimum atomic E-state index is 0.125. The van der Waals surface area contributed by atoms with Gasteiger partial charge in [-0.2, -0.15) is 0 Å². The Morgan fingerprint density at radius 2 is 1.78 bits per heavy atom. The first-order valence-electron chi connectivity index (χ1n) is 8.81. The molecule has 1 atom stereocenters. The van der Waals surface area contributed by atoms with E-state index in [9.17, 15) is 4.79 Å². The first-order valence-corrected chi connectivity index (χ1v) is 9.63. The van der Waals surface area contributed by atoms with Crippen LogP contribution >= 0.6 is 11.3 Å². The molecule has 126 valence electrons. The van der Waals surface area contributed by atoms with Crippen LogP contribution in [0.4, 0.5) is 0 Å². The second-order valence-electron chi connectivity index (χ2n) is 7.17. The van der Waals surface area contributed by atoms with Crippen LogP contribution in [0.2, 0.25) is 0 Å². The van der Waals surface area contributed by atoms with E-state index in [-0.39, 0.29) is 5.91 Å². The second kappa shape index (κ2) is 6.15. The van der Waals surface area contributed by atoms with E-state index in [1.807, 2.05) is 18.7 Å². The van der Waals surface area contributed by atoms with E-state index in [2.05, 4.69) is 14.8 Å². The number of aromatic nitrogens is 1. The average molecular weight is 334 g/mol. The molecule has 4 aliphatic rings. The number of nitrogens with zero attached hydrogens (tertiary/aromatic N) is 4. The molecule has 0 aromatic carbocycles. The quantitative estimate of drug-likeness (QED) is 0.824. The third kappa shape index (κ3) is 2.92. The van der Waals surface area contributed by atoms with Crippen molar-refractivity contribution in [3.05, 3.63) is 15.6 Å². The Kier molecular flexibility index (Phi) is 4.15. The largest absolute Gasteiger partial charge is 0.335 e. The molecule has 4 saturated heterocycles. The smallest absolute Gasteiger partial charge is 0.273 e. The Labute approximate surface area is 142 Å². The van der Waals surface area contributed by atoms with Crippen LogP contribution in [0.15, 0.2) is 0 Å². The Morgan fingerprint density at radius 1 is 1.09 bits per heavy atom. The van der Waals surface area contributed by atoms with Crippen LogP contribution in [-0.4, -0.2) is 77.4 Å². The van der Waals surface area contributed by atoms with E-state index in [4.69, 9.17) is 0 Å². The molecule has 1 unspecified atom stereocenters. The molecule has 0 radical (unpaired) electrons. The maximum absolute atomic E-state index is 12.7. The van der Waals surface area contributed by atoms with Crippen molar-refractivity contribution in [1.82, 2.24) is 19.7 Å². The van der Waals surface area contributed by atoms with E-state index >= 15 is 0 Å². The van der Waals surface area contributed by atoms with Gasteiger partial charge >= 0.3 is 0 Å². The van der Waals surface area contributed by atoms with Gasteiger partial charge in [0, 0.05) is 43.6 Å². The summed E-state index contributed by atoms with van der Waals surface area (Å²) in [6.07, 6.45) is 2.72. The van der Waals surface area contributed by atoms with Gasteiger partial charge in [0.05, 0.1) is 5.01 Å². The second-order valence-corrected chi connectivity index (χ2v) is 8.58. The van der Waals surface area contributed by atoms with E-state index < -0.39 is 0 Å². The highest BCUT2D eigenvalue weighted by Crippen LogP contribution is 2.31. The fraction of sp³-hybridized carbons (Fsp3) is 0.765. The maximum atomic E-state index is 12.7. The summed E-state index contributed by atoms with van der Waals surface area (Å²) in [4.78, 5) is 25.4. The molecule has 2 bridgehead atoms. The topological polar surface area (TPSA) is 39.7 Å². The summed E-state index contributed by atoms with van der Waals surface area (Å²) >= 11 is 1.62. The van der Waals surface area contributed by atoms with Gasteiger partial charge < -0.3 is 9.80 Å². The van der Waals surface area contributed by atoms with Crippen molar-refractivity contribution in [2.45, 2.75) is 32.7 Å². The summed E-state index contributed by atoms with van der Waals surface area (Å²) in [6, 6.07) is 0.720. The minimum absolute atomic E-state index is 0.125. The summed E-state index contributed by atoms with van der Waals surface area (Å²) in [7, 11) is 0. The lowest BCUT2D eigenvalue weighted by atomic mass is 9.83. The highest BCUT2D eigenvalue weighted by Gasteiger charge is 2.38. The Bertz CT molecular complexity index is 585. The molecule has 0 spiro atoms. The molecule has 1 amide bonds. The molecule has 5 nitrogen and oxygen atoms in total. The summed E-state index contributed by atoms with van der Waals surface area (Å²) < 4.78 is 0. The lowest BCUT2D eigenvalue weighted by molar-refractivity contribution is -0.0131. The van der Waals surface area contributed by atoms with Gasteiger partial charge in [-0.1, -0.05) is 0 Å². The lowest BCUT2D eigenvalue weighted by Gasteiger charge is -2.50. The zero-order chi connectivity index (χ0) is 16.0. The molecule has 4 fully saturated rings. The van der Waals surface area contributed by atoms with E-state index in [1.165, 1.54) is 32.5 Å². The number of carbonyl (C=O) groups excluding carboxylic acids is 1. The predicted molar refractivity (Wildman–Crippen MR) is 92.0 cm³/mol. The number of carbonyl (C=O) groups is 1. The summed E-state index contributed by atoms with van der Waals surface area (Å²) in [6.45, 7) is 11.5. The predicted octanol–water partition coefficient (Wildman–Crippen LogP) is 1.61. The van der Waals surface area contributed by atoms with Crippen molar-refractivity contribution in [1.29, 1.82) is 0 Å². The average Bonchev–Trinajstić information content (AvgIpc) is 2.94. The SMILES string of the molecule is Cc1nc(C(=O)N2CCN(C3CN4CCC3CC4)CC2)c(C)s1. The highest BCUT2D eigenvalue weighted by molar-refractivity contribution is 7.11. The number of hydrogen-bond donors (Lipinski definition) is 0. The van der Waals surface area contributed by atoms with Gasteiger partial charge in [-0.15, -0.1) is 11.3 Å². The zero-order valence-corrected chi connectivity index (χ0v) is 14.9. The number of amides is 1. The normalized spacial score (nSPS) is 31.6. The van der Waals surface area contributed by atoms with Crippen molar-refractivity contribution in [2.75, 3.05) is 45.8 Å². The molecule has 0 N–H and O–H groups in total. The fourth-order valence-corrected chi connectivity index (χ4v) is 5.29. The Morgan fingerprint density at radius 3 is 2.30 bits per heavy atom. The summed E-state index contributed by atoms with van der Waals surface area (Å²) in [5.74, 6) is 1.01. The monoisotopic (exact) mass is 334 g/mol. The Hall–Kier alpha value is -0.980. The molecule has 0 aliphatic carbocycles. The number of piperidine rings is 3. The zero-order valence-electron chi connectivity index (χ0n) is 14.1. The van der Waals surface area contributed by atoms with Crippen LogP contribution in [-0.2, 0) is 0 Å². The van der Waals surface area contributed by atoms with E-state index in [0.29, 0.717) is 5.69 Å². The standard InChI is InChI=1S/C17H26N4OS/c1-12-16(18-13(2)23-12)17(22)21-9-7-20(8-10-21)15-11-19-5-3-14(15)4-6-19/h14-15H,3-11H2,1-2H3. The maximum Gasteiger partial charge on any atom is 0.273 e. The lowest BCUT2D eigenvalue weighted by Crippen LogP contribution is -2.61. The number of fused-ring (bicyclic) bond motifs is 3. The van der Waals surface area contributed by atoms with E-state index in [1.54, 1.807) is 11.3 Å². The van der Waals surface area contributed by atoms with Gasteiger partial charge in [0.25, 0.3) is 5.91 Å². The number of hydrogen-bond acceptors (Lipinski definition) is 5. The van der Waals surface area contributed by atoms with Crippen LogP contribution in [0, 0.1) is 19.8 Å². The molecular weight excluding hydrogens is 308 g/mol. The summed E-state index contributed by atoms with van der Waals surface area (Å²) in [5.41, 5.74) is 0.670. The van der Waals surface area contributed by atoms with E-state index in [0.717, 1.165) is 48.0 Å². The van der Waals surface area contributed by atoms with Crippen molar-refractivity contribution >= 4 is 17.2 Å². The van der Waals surface area contributed by atoms with Crippen LogP contribution in [0.3, 0.4) is 0 Å². The molecule has 5 heterocycles. The van der Waals surface area contributed by atoms with Crippen molar-refractivity contribution < 1.29 is 4.79 Å². The highest BCUT2D eigenvalue weighted by atomic mass is 32.1. The van der Waals surface area contributed by atoms with Crippen molar-refractivity contribution in [3.63, 3.8) is 0 Å². The van der Waals surface area contributed by atoms with Gasteiger partial charge in [0.15, 0.2) is 0 Å². The molecular formula is C17H26N4OS. The van der Waals surface area contributed by atoms with Gasteiger partial charge in [-0.3, -0.25) is 9.69 Å². The van der Waals surface area contributed by atoms with Gasteiger partial charge in [-0.25, -0.2) is 4.98 Å². The third-order valence-electron chi connectivity index (χ3n) is 5.80. The van der Waals surface area contributed by atoms with Gasteiger partial charge in [0.2, 0.25) is 0 Å². The fourth-order valence-electron chi connectivity index (χ4n) is 4.48. The minimum Gasteiger partial charge on any atom is -0.335 e. The summed E-state index contributed by atoms with van der Waals surface area (Å²) in [5, 5.41) is 0.983. The molecule has 0 saturated carbocycles. The van der Waals surface area contributed by atoms with Gasteiger partial charge in [-0.05, 0) is 45.7 Å². The van der Waals surface area contributed by atoms with Crippen LogP contribution in [0.1, 0.15) is 33.2 Å². The number of thiazole rings is 1. The first-order chi connectivity index (χ1) is 11.1. The number of aryl methyl sites for hydroxylation is 2. The molecule has 6 heteroatoms. The van der Waals surface area contributed by atoms with Crippen LogP contribution in [0.25, 0.3) is 0 Å². The third-order valence-corrected chi connectivity index (χ3v) is 6.68. The Balaban J connectivity index is 1.37. The molecule has 23 heavy (non-hydrogen) atoms. The van der Waals surface area contributed by atoms with Crippen molar-refractivity contribution in [3.8, 4) is 0 Å². The number of piperazine rings is 1. The molecule has 1 aromatic heterocycles. The van der Waals surface area contributed by atoms with Crippen molar-refractivity contribution in [2.24, 2.45) is 5.92 Å². The van der Waals surface area contributed by atoms with Crippen LogP contribution in [0.5, 0.6) is 0 Å². The first kappa shape index (κ1) is 15.5.